The molecule has 19 heavy (non-hydrogen) atoms. The Balaban J connectivity index is 2.29. The molecule has 0 saturated heterocycles. The van der Waals surface area contributed by atoms with E-state index in [1.54, 1.807) is 18.2 Å². The first-order valence-electron chi connectivity index (χ1n) is 5.29. The van der Waals surface area contributed by atoms with Gasteiger partial charge in [0, 0.05) is 19.8 Å². The number of rotatable bonds is 3. The molecule has 2 aromatic carbocycles. The van der Waals surface area contributed by atoms with Crippen LogP contribution in [0, 0.1) is 9.39 Å². The van der Waals surface area contributed by atoms with E-state index in [-0.39, 0.29) is 10.6 Å². The molecule has 0 fully saturated rings. The first kappa shape index (κ1) is 14.5. The Bertz CT molecular complexity index is 649. The zero-order valence-electron chi connectivity index (χ0n) is 9.58. The lowest BCUT2D eigenvalue weighted by Gasteiger charge is -2.10. The van der Waals surface area contributed by atoms with Crippen molar-refractivity contribution in [3.63, 3.8) is 0 Å². The van der Waals surface area contributed by atoms with Gasteiger partial charge in [-0.3, -0.25) is 0 Å². The summed E-state index contributed by atoms with van der Waals surface area (Å²) in [5.41, 5.74) is 7.13. The van der Waals surface area contributed by atoms with Gasteiger partial charge in [0.15, 0.2) is 0 Å². The Kier molecular flexibility index (Phi) is 4.59. The van der Waals surface area contributed by atoms with Crippen LogP contribution in [-0.2, 0) is 0 Å². The third-order valence-corrected chi connectivity index (χ3v) is 3.79. The molecule has 6 heteroatoms. The van der Waals surface area contributed by atoms with Crippen molar-refractivity contribution >= 4 is 62.8 Å². The van der Waals surface area contributed by atoms with Crippen molar-refractivity contribution in [1.29, 1.82) is 0 Å². The average Bonchev–Trinajstić information content (AvgIpc) is 2.32. The van der Waals surface area contributed by atoms with Gasteiger partial charge >= 0.3 is 0 Å². The highest BCUT2D eigenvalue weighted by Gasteiger charge is 2.07. The number of hydrogen-bond donors (Lipinski definition) is 2. The van der Waals surface area contributed by atoms with Gasteiger partial charge in [-0.2, -0.15) is 0 Å². The Hall–Kier alpha value is -0.920. The summed E-state index contributed by atoms with van der Waals surface area (Å²) >= 11 is 12.8. The van der Waals surface area contributed by atoms with E-state index in [0.29, 0.717) is 10.7 Å². The second-order valence-electron chi connectivity index (χ2n) is 3.81. The summed E-state index contributed by atoms with van der Waals surface area (Å²) in [5, 5.41) is 3.77. The Labute approximate surface area is 134 Å². The summed E-state index contributed by atoms with van der Waals surface area (Å²) in [6, 6.07) is 10.1. The molecule has 0 heterocycles. The van der Waals surface area contributed by atoms with E-state index < -0.39 is 5.82 Å². The summed E-state index contributed by atoms with van der Waals surface area (Å²) in [6.45, 7) is 0. The molecule has 0 amide bonds. The predicted molar refractivity (Wildman–Crippen MR) is 89.7 cm³/mol. The third kappa shape index (κ3) is 3.55. The molecule has 98 valence electrons. The molecule has 2 rings (SSSR count). The predicted octanol–water partition coefficient (Wildman–Crippen LogP) is 4.46. The molecule has 0 aliphatic rings. The third-order valence-electron chi connectivity index (χ3n) is 2.44. The molecule has 2 aromatic rings. The Morgan fingerprint density at radius 2 is 2.00 bits per heavy atom. The zero-order chi connectivity index (χ0) is 14.0. The molecule has 0 spiro atoms. The number of benzene rings is 2. The van der Waals surface area contributed by atoms with E-state index >= 15 is 0 Å². The highest BCUT2D eigenvalue weighted by molar-refractivity contribution is 14.1. The fourth-order valence-electron chi connectivity index (χ4n) is 1.54. The van der Waals surface area contributed by atoms with Crippen LogP contribution in [0.4, 0.5) is 15.8 Å². The average molecular weight is 407 g/mol. The summed E-state index contributed by atoms with van der Waals surface area (Å²) in [7, 11) is 0. The number of hydrogen-bond acceptors (Lipinski definition) is 2. The van der Waals surface area contributed by atoms with Gasteiger partial charge in [0.2, 0.25) is 0 Å². The molecule has 0 radical (unpaired) electrons. The molecule has 0 saturated carbocycles. The molecule has 0 atom stereocenters. The van der Waals surface area contributed by atoms with Gasteiger partial charge in [-0.15, -0.1) is 0 Å². The van der Waals surface area contributed by atoms with Crippen LogP contribution in [0.15, 0.2) is 36.4 Å². The topological polar surface area (TPSA) is 38.0 Å². The van der Waals surface area contributed by atoms with Crippen LogP contribution in [0.3, 0.4) is 0 Å². The number of thiocarbonyl (C=S) groups is 1. The minimum Gasteiger partial charge on any atom is -0.389 e. The minimum absolute atomic E-state index is 0.0464. The van der Waals surface area contributed by atoms with Crippen LogP contribution >= 0.6 is 46.4 Å². The first-order valence-corrected chi connectivity index (χ1v) is 7.15. The van der Waals surface area contributed by atoms with E-state index in [1.165, 1.54) is 6.07 Å². The van der Waals surface area contributed by atoms with Gasteiger partial charge in [0.05, 0.1) is 5.69 Å². The SMILES string of the molecule is NC(=S)c1ccc(Nc2ccc(Cl)cc2I)cc1F. The monoisotopic (exact) mass is 406 g/mol. The van der Waals surface area contributed by atoms with Crippen molar-refractivity contribution in [2.45, 2.75) is 0 Å². The molecule has 2 nitrogen and oxygen atoms in total. The lowest BCUT2D eigenvalue weighted by Crippen LogP contribution is -2.11. The number of halogens is 3. The van der Waals surface area contributed by atoms with Gasteiger partial charge in [-0.05, 0) is 59.0 Å². The van der Waals surface area contributed by atoms with Crippen molar-refractivity contribution in [2.24, 2.45) is 5.73 Å². The molecular weight excluding hydrogens is 398 g/mol. The van der Waals surface area contributed by atoms with Crippen molar-refractivity contribution in [1.82, 2.24) is 0 Å². The van der Waals surface area contributed by atoms with Crippen LogP contribution < -0.4 is 11.1 Å². The van der Waals surface area contributed by atoms with Crippen LogP contribution in [0.1, 0.15) is 5.56 Å². The van der Waals surface area contributed by atoms with Crippen LogP contribution in [0.25, 0.3) is 0 Å². The standard InChI is InChI=1S/C13H9ClFIN2S/c14-7-1-4-12(11(16)5-7)18-8-2-3-9(13(17)19)10(15)6-8/h1-6,18H,(H2,17,19). The highest BCUT2D eigenvalue weighted by Crippen LogP contribution is 2.26. The molecule has 0 bridgehead atoms. The van der Waals surface area contributed by atoms with E-state index in [0.717, 1.165) is 9.26 Å². The summed E-state index contributed by atoms with van der Waals surface area (Å²) in [6.07, 6.45) is 0. The second kappa shape index (κ2) is 6.02. The fourth-order valence-corrected chi connectivity index (χ4v) is 2.71. The van der Waals surface area contributed by atoms with Gasteiger partial charge in [0.1, 0.15) is 10.8 Å². The molecular formula is C13H9ClFIN2S. The van der Waals surface area contributed by atoms with Crippen LogP contribution in [0.5, 0.6) is 0 Å². The van der Waals surface area contributed by atoms with Crippen molar-refractivity contribution in [3.05, 3.63) is 56.4 Å². The Morgan fingerprint density at radius 1 is 1.26 bits per heavy atom. The van der Waals surface area contributed by atoms with E-state index in [4.69, 9.17) is 29.6 Å². The lowest BCUT2D eigenvalue weighted by molar-refractivity contribution is 0.626. The van der Waals surface area contributed by atoms with Crippen LogP contribution in [0.2, 0.25) is 5.02 Å². The van der Waals surface area contributed by atoms with Crippen molar-refractivity contribution in [3.8, 4) is 0 Å². The number of anilines is 2. The maximum Gasteiger partial charge on any atom is 0.135 e. The molecule has 3 N–H and O–H groups in total. The van der Waals surface area contributed by atoms with Crippen LogP contribution in [-0.4, -0.2) is 4.99 Å². The fraction of sp³-hybridized carbons (Fsp3) is 0. The molecule has 0 aliphatic heterocycles. The van der Waals surface area contributed by atoms with Gasteiger partial charge in [-0.1, -0.05) is 23.8 Å². The van der Waals surface area contributed by atoms with Crippen molar-refractivity contribution in [2.75, 3.05) is 5.32 Å². The Morgan fingerprint density at radius 3 is 2.58 bits per heavy atom. The zero-order valence-corrected chi connectivity index (χ0v) is 13.3. The van der Waals surface area contributed by atoms with Gasteiger partial charge in [-0.25, -0.2) is 4.39 Å². The second-order valence-corrected chi connectivity index (χ2v) is 5.85. The van der Waals surface area contributed by atoms with Gasteiger partial charge < -0.3 is 11.1 Å². The molecule has 0 aromatic heterocycles. The summed E-state index contributed by atoms with van der Waals surface area (Å²) in [5.74, 6) is -0.443. The molecule has 0 unspecified atom stereocenters. The largest absolute Gasteiger partial charge is 0.389 e. The van der Waals surface area contributed by atoms with E-state index in [2.05, 4.69) is 27.9 Å². The van der Waals surface area contributed by atoms with E-state index in [1.807, 2.05) is 12.1 Å². The maximum absolute atomic E-state index is 13.7. The smallest absolute Gasteiger partial charge is 0.135 e. The quantitative estimate of drug-likeness (QED) is 0.584. The number of nitrogens with one attached hydrogen (secondary N) is 1. The maximum atomic E-state index is 13.7. The highest BCUT2D eigenvalue weighted by atomic mass is 127. The lowest BCUT2D eigenvalue weighted by atomic mass is 10.2. The van der Waals surface area contributed by atoms with E-state index in [9.17, 15) is 4.39 Å². The summed E-state index contributed by atoms with van der Waals surface area (Å²) < 4.78 is 14.7. The first-order chi connectivity index (χ1) is 8.97. The summed E-state index contributed by atoms with van der Waals surface area (Å²) in [4.78, 5) is 0.0464. The minimum atomic E-state index is -0.443. The van der Waals surface area contributed by atoms with Crippen molar-refractivity contribution < 1.29 is 4.39 Å². The van der Waals surface area contributed by atoms with Gasteiger partial charge in [0.25, 0.3) is 0 Å². The molecule has 0 aliphatic carbocycles. The normalized spacial score (nSPS) is 10.3. The number of nitrogens with two attached hydrogens (primary N) is 1.